The Morgan fingerprint density at radius 2 is 1.52 bits per heavy atom. The van der Waals surface area contributed by atoms with E-state index in [0.717, 1.165) is 12.8 Å². The van der Waals surface area contributed by atoms with Crippen molar-refractivity contribution in [1.29, 1.82) is 0 Å². The first-order valence-electron chi connectivity index (χ1n) is 9.89. The summed E-state index contributed by atoms with van der Waals surface area (Å²) in [5.74, 6) is -3.37. The standard InChI is InChI=1S/C19H32N2O9.ClH/c1-11(22)27-10-15-18(29-13(3)24)17(28-12(2)23)14(9-16(21)25)19(30-15)26-8-6-4-5-7-20;/h14-15,17-19H,4-10,20H2,1-3H3,(H2,21,25);1H/t14-,15-,17-,18+,19-;/m1./s1. The first kappa shape index (κ1) is 29.1. The summed E-state index contributed by atoms with van der Waals surface area (Å²) in [5, 5.41) is 0. The highest BCUT2D eigenvalue weighted by molar-refractivity contribution is 5.85. The van der Waals surface area contributed by atoms with Gasteiger partial charge in [-0.05, 0) is 25.8 Å². The molecule has 0 aromatic heterocycles. The molecule has 1 fully saturated rings. The van der Waals surface area contributed by atoms with Gasteiger partial charge in [-0.15, -0.1) is 12.4 Å². The van der Waals surface area contributed by atoms with E-state index in [1.54, 1.807) is 0 Å². The summed E-state index contributed by atoms with van der Waals surface area (Å²) in [4.78, 5) is 46.3. The lowest BCUT2D eigenvalue weighted by atomic mass is 9.87. The summed E-state index contributed by atoms with van der Waals surface area (Å²) in [5.41, 5.74) is 10.8. The van der Waals surface area contributed by atoms with Gasteiger partial charge in [0.1, 0.15) is 18.8 Å². The van der Waals surface area contributed by atoms with E-state index in [2.05, 4.69) is 0 Å². The third kappa shape index (κ3) is 10.8. The van der Waals surface area contributed by atoms with Gasteiger partial charge in [0.05, 0.1) is 5.92 Å². The van der Waals surface area contributed by atoms with Crippen molar-refractivity contribution in [3.05, 3.63) is 0 Å². The van der Waals surface area contributed by atoms with Gasteiger partial charge in [0, 0.05) is 33.8 Å². The Morgan fingerprint density at radius 1 is 0.903 bits per heavy atom. The number of esters is 3. The van der Waals surface area contributed by atoms with Gasteiger partial charge in [0.2, 0.25) is 5.91 Å². The molecule has 1 aliphatic rings. The Labute approximate surface area is 187 Å². The van der Waals surface area contributed by atoms with E-state index in [0.29, 0.717) is 19.6 Å². The van der Waals surface area contributed by atoms with Gasteiger partial charge >= 0.3 is 17.9 Å². The number of primary amides is 1. The second-order valence-electron chi connectivity index (χ2n) is 7.05. The lowest BCUT2D eigenvalue weighted by molar-refractivity contribution is -0.291. The highest BCUT2D eigenvalue weighted by Crippen LogP contribution is 2.34. The molecular formula is C19H33ClN2O9. The number of hydrogen-bond donors (Lipinski definition) is 2. The summed E-state index contributed by atoms with van der Waals surface area (Å²) in [7, 11) is 0. The third-order valence-electron chi connectivity index (χ3n) is 4.39. The molecule has 0 spiro atoms. The van der Waals surface area contributed by atoms with Crippen molar-refractivity contribution in [1.82, 2.24) is 0 Å². The molecule has 0 bridgehead atoms. The molecule has 11 nitrogen and oxygen atoms in total. The number of carbonyl (C=O) groups excluding carboxylic acids is 4. The molecule has 1 rings (SSSR count). The van der Waals surface area contributed by atoms with Crippen LogP contribution in [0.2, 0.25) is 0 Å². The molecule has 0 aromatic carbocycles. The smallest absolute Gasteiger partial charge is 0.303 e. The molecule has 180 valence electrons. The van der Waals surface area contributed by atoms with Crippen LogP contribution in [0, 0.1) is 5.92 Å². The van der Waals surface area contributed by atoms with Crippen LogP contribution in [0.1, 0.15) is 46.5 Å². The van der Waals surface area contributed by atoms with Crippen molar-refractivity contribution in [3.63, 3.8) is 0 Å². The maximum atomic E-state index is 11.7. The van der Waals surface area contributed by atoms with Crippen molar-refractivity contribution in [3.8, 4) is 0 Å². The SMILES string of the molecule is CC(=O)OC[C@H]1O[C@@H](OCCCCCN)[C@H](CC(N)=O)[C@@H](OC(C)=O)[C@H]1OC(C)=O.Cl. The monoisotopic (exact) mass is 468 g/mol. The van der Waals surface area contributed by atoms with Gasteiger partial charge in [-0.1, -0.05) is 0 Å². The Balaban J connectivity index is 0.00000900. The fourth-order valence-electron chi connectivity index (χ4n) is 3.21. The first-order valence-corrected chi connectivity index (χ1v) is 9.89. The number of unbranched alkanes of at least 4 members (excludes halogenated alkanes) is 2. The fourth-order valence-corrected chi connectivity index (χ4v) is 3.21. The van der Waals surface area contributed by atoms with Crippen molar-refractivity contribution in [2.45, 2.75) is 71.1 Å². The first-order chi connectivity index (χ1) is 14.1. The molecule has 0 aliphatic carbocycles. The quantitative estimate of drug-likeness (QED) is 0.229. The fraction of sp³-hybridized carbons (Fsp3) is 0.789. The van der Waals surface area contributed by atoms with E-state index < -0.39 is 54.3 Å². The van der Waals surface area contributed by atoms with Gasteiger partial charge in [0.25, 0.3) is 0 Å². The van der Waals surface area contributed by atoms with Crippen molar-refractivity contribution >= 4 is 36.2 Å². The number of hydrogen-bond acceptors (Lipinski definition) is 10. The predicted octanol–water partition coefficient (Wildman–Crippen LogP) is 0.197. The van der Waals surface area contributed by atoms with Crippen LogP contribution in [0.15, 0.2) is 0 Å². The molecular weight excluding hydrogens is 436 g/mol. The molecule has 0 radical (unpaired) electrons. The van der Waals surface area contributed by atoms with Gasteiger partial charge in [-0.25, -0.2) is 0 Å². The number of ether oxygens (including phenoxy) is 5. The maximum absolute atomic E-state index is 11.7. The number of amides is 1. The van der Waals surface area contributed by atoms with Gasteiger partial charge in [-0.2, -0.15) is 0 Å². The average Bonchev–Trinajstić information content (AvgIpc) is 2.63. The lowest BCUT2D eigenvalue weighted by Gasteiger charge is -2.44. The van der Waals surface area contributed by atoms with Crippen LogP contribution < -0.4 is 11.5 Å². The van der Waals surface area contributed by atoms with Crippen molar-refractivity contribution < 1.29 is 42.9 Å². The molecule has 0 aromatic rings. The molecule has 31 heavy (non-hydrogen) atoms. The lowest BCUT2D eigenvalue weighted by Crippen LogP contribution is -2.59. The zero-order valence-corrected chi connectivity index (χ0v) is 18.9. The number of halogens is 1. The minimum atomic E-state index is -1.12. The molecule has 4 N–H and O–H groups in total. The van der Waals surface area contributed by atoms with E-state index in [-0.39, 0.29) is 25.4 Å². The summed E-state index contributed by atoms with van der Waals surface area (Å²) in [6.45, 7) is 4.18. The van der Waals surface area contributed by atoms with Crippen LogP contribution in [0.4, 0.5) is 0 Å². The van der Waals surface area contributed by atoms with E-state index >= 15 is 0 Å². The Kier molecular flexibility index (Phi) is 14.0. The average molecular weight is 469 g/mol. The Bertz CT molecular complexity index is 605. The molecule has 1 aliphatic heterocycles. The largest absolute Gasteiger partial charge is 0.463 e. The summed E-state index contributed by atoms with van der Waals surface area (Å²) < 4.78 is 27.4. The van der Waals surface area contributed by atoms with Crippen molar-refractivity contribution in [2.24, 2.45) is 17.4 Å². The van der Waals surface area contributed by atoms with Gasteiger partial charge in [-0.3, -0.25) is 19.2 Å². The molecule has 0 unspecified atom stereocenters. The van der Waals surface area contributed by atoms with E-state index in [9.17, 15) is 19.2 Å². The van der Waals surface area contributed by atoms with Gasteiger partial charge < -0.3 is 35.2 Å². The minimum Gasteiger partial charge on any atom is -0.463 e. The Morgan fingerprint density at radius 3 is 2.03 bits per heavy atom. The molecule has 12 heteroatoms. The molecule has 0 saturated carbocycles. The third-order valence-corrected chi connectivity index (χ3v) is 4.39. The normalized spacial score (nSPS) is 25.1. The second kappa shape index (κ2) is 15.0. The van der Waals surface area contributed by atoms with Gasteiger partial charge in [0.15, 0.2) is 12.4 Å². The minimum absolute atomic E-state index is 0. The van der Waals surface area contributed by atoms with E-state index in [1.807, 2.05) is 0 Å². The number of nitrogens with two attached hydrogens (primary N) is 2. The maximum Gasteiger partial charge on any atom is 0.303 e. The molecule has 1 saturated heterocycles. The summed E-state index contributed by atoms with van der Waals surface area (Å²) in [6, 6.07) is 0. The molecule has 1 amide bonds. The van der Waals surface area contributed by atoms with Crippen LogP contribution in [-0.2, 0) is 42.9 Å². The highest BCUT2D eigenvalue weighted by atomic mass is 35.5. The topological polar surface area (TPSA) is 166 Å². The van der Waals surface area contributed by atoms with Crippen LogP contribution in [0.5, 0.6) is 0 Å². The van der Waals surface area contributed by atoms with Crippen LogP contribution in [-0.4, -0.2) is 68.2 Å². The van der Waals surface area contributed by atoms with E-state index in [1.165, 1.54) is 20.8 Å². The summed E-state index contributed by atoms with van der Waals surface area (Å²) in [6.07, 6.45) is -2.03. The second-order valence-corrected chi connectivity index (χ2v) is 7.05. The molecule has 1 heterocycles. The molecule has 5 atom stereocenters. The zero-order chi connectivity index (χ0) is 22.7. The van der Waals surface area contributed by atoms with Crippen LogP contribution >= 0.6 is 12.4 Å². The highest BCUT2D eigenvalue weighted by Gasteiger charge is 2.51. The Hall–Kier alpha value is -1.95. The number of carbonyl (C=O) groups is 4. The summed E-state index contributed by atoms with van der Waals surface area (Å²) >= 11 is 0. The zero-order valence-electron chi connectivity index (χ0n) is 18.1. The van der Waals surface area contributed by atoms with Crippen LogP contribution in [0.25, 0.3) is 0 Å². The van der Waals surface area contributed by atoms with E-state index in [4.69, 9.17) is 35.2 Å². The van der Waals surface area contributed by atoms with Crippen molar-refractivity contribution in [2.75, 3.05) is 19.8 Å². The van der Waals surface area contributed by atoms with Crippen LogP contribution in [0.3, 0.4) is 0 Å². The predicted molar refractivity (Wildman–Crippen MR) is 110 cm³/mol. The number of rotatable bonds is 12.